The van der Waals surface area contributed by atoms with Crippen LogP contribution in [0.4, 0.5) is 0 Å². The predicted molar refractivity (Wildman–Crippen MR) is 62.1 cm³/mol. The Morgan fingerprint density at radius 2 is 0.750 bits per heavy atom. The Balaban J connectivity index is -0.000000270. The summed E-state index contributed by atoms with van der Waals surface area (Å²) < 4.78 is 0.531. The average Bonchev–Trinajstić information content (AvgIpc) is 1.59. The van der Waals surface area contributed by atoms with Crippen molar-refractivity contribution in [1.29, 1.82) is 0 Å². The molecule has 1 heterocycles. The summed E-state index contributed by atoms with van der Waals surface area (Å²) in [6.07, 6.45) is 0. The van der Waals surface area contributed by atoms with Gasteiger partial charge >= 0.3 is 88.7 Å². The Hall–Kier alpha value is 5.29. The van der Waals surface area contributed by atoms with Crippen LogP contribution < -0.4 is 88.7 Å². The molecular formula is B3Na3S6. The fraction of sp³-hybridized carbons (Fsp3) is 0. The summed E-state index contributed by atoms with van der Waals surface area (Å²) in [5.74, 6) is 0. The third-order valence-corrected chi connectivity index (χ3v) is 6.00. The maximum atomic E-state index is 5.02. The summed E-state index contributed by atoms with van der Waals surface area (Å²) in [7, 11) is 0. The Morgan fingerprint density at radius 1 is 0.583 bits per heavy atom. The van der Waals surface area contributed by atoms with Crippen molar-refractivity contribution < 1.29 is 88.7 Å². The molecular weight excluding hydrogens is 294 g/mol. The van der Waals surface area contributed by atoms with Crippen LogP contribution in [0.1, 0.15) is 0 Å². The van der Waals surface area contributed by atoms with Crippen LogP contribution in [0.3, 0.4) is 0 Å². The second kappa shape index (κ2) is 12.7. The molecule has 12 heteroatoms. The minimum Gasteiger partial charge on any atom is -0.803 e. The van der Waals surface area contributed by atoms with Crippen LogP contribution in [0.25, 0.3) is 0 Å². The van der Waals surface area contributed by atoms with Crippen LogP contribution in [0, 0.1) is 0 Å². The zero-order valence-electron chi connectivity index (χ0n) is 7.18. The first-order chi connectivity index (χ1) is 4.18. The van der Waals surface area contributed by atoms with Gasteiger partial charge in [-0.3, -0.25) is 34.4 Å². The van der Waals surface area contributed by atoms with Crippen molar-refractivity contribution in [3.8, 4) is 0 Å². The summed E-state index contributed by atoms with van der Waals surface area (Å²) in [4.78, 5) is 0. The summed E-state index contributed by atoms with van der Waals surface area (Å²) in [6.45, 7) is 0. The molecule has 0 bridgehead atoms. The second-order valence-electron chi connectivity index (χ2n) is 1.27. The standard InChI is InChI=1S/B3S6.3Na/c4-1-7-2(5)9-3(6)8-1;;;/q-3;3*+1. The van der Waals surface area contributed by atoms with Gasteiger partial charge < -0.3 is 37.4 Å². The maximum absolute atomic E-state index is 5.02. The summed E-state index contributed by atoms with van der Waals surface area (Å²) in [5.41, 5.74) is 0. The molecule has 0 aromatic heterocycles. The molecule has 1 fully saturated rings. The van der Waals surface area contributed by atoms with Crippen LogP contribution in [-0.2, 0) is 37.4 Å². The van der Waals surface area contributed by atoms with E-state index in [1.54, 1.807) is 34.4 Å². The quantitative estimate of drug-likeness (QED) is 0.319. The first kappa shape index (κ1) is 22.5. The van der Waals surface area contributed by atoms with Crippen molar-refractivity contribution in [2.45, 2.75) is 0 Å². The third kappa shape index (κ3) is 10.4. The Kier molecular flexibility index (Phi) is 23.9. The van der Waals surface area contributed by atoms with E-state index in [0.717, 1.165) is 0 Å². The van der Waals surface area contributed by atoms with E-state index in [1.807, 2.05) is 0 Å². The molecule has 0 unspecified atom stereocenters. The molecule has 0 saturated carbocycles. The zero-order valence-corrected chi connectivity index (χ0v) is 18.1. The van der Waals surface area contributed by atoms with Crippen molar-refractivity contribution >= 4 is 85.5 Å². The van der Waals surface area contributed by atoms with Gasteiger partial charge in [0, 0.05) is 0 Å². The van der Waals surface area contributed by atoms with Crippen LogP contribution in [0.15, 0.2) is 0 Å². The minimum absolute atomic E-state index is 0. The molecule has 48 valence electrons. The normalized spacial score (nSPS) is 15.8. The number of rotatable bonds is 0. The first-order valence-corrected chi connectivity index (χ1v) is 6.36. The van der Waals surface area contributed by atoms with Gasteiger partial charge in [-0.15, -0.1) is 0 Å². The van der Waals surface area contributed by atoms with Crippen molar-refractivity contribution in [2.75, 3.05) is 0 Å². The van der Waals surface area contributed by atoms with Gasteiger partial charge in [0.15, 0.2) is 0 Å². The molecule has 0 radical (unpaired) electrons. The van der Waals surface area contributed by atoms with E-state index in [1.165, 1.54) is 0 Å². The van der Waals surface area contributed by atoms with E-state index in [0.29, 0.717) is 0 Å². The molecule has 0 aliphatic carbocycles. The predicted octanol–water partition coefficient (Wildman–Crippen LogP) is -8.19. The third-order valence-electron chi connectivity index (χ3n) is 0.667. The zero-order chi connectivity index (χ0) is 6.85. The molecule has 0 aromatic rings. The molecule has 12 heavy (non-hydrogen) atoms. The summed E-state index contributed by atoms with van der Waals surface area (Å²) >= 11 is 20.0. The number of hydrogen-bond donors (Lipinski definition) is 0. The summed E-state index contributed by atoms with van der Waals surface area (Å²) in [6, 6.07) is 0. The molecule has 0 atom stereocenters. The van der Waals surface area contributed by atoms with Gasteiger partial charge in [-0.2, -0.15) is 0 Å². The topological polar surface area (TPSA) is 0 Å². The molecule has 1 aliphatic heterocycles. The largest absolute Gasteiger partial charge is 1.00 e. The van der Waals surface area contributed by atoms with Gasteiger partial charge in [-0.05, 0) is 0 Å². The van der Waals surface area contributed by atoms with E-state index >= 15 is 0 Å². The molecule has 0 spiro atoms. The van der Waals surface area contributed by atoms with Gasteiger partial charge in [-0.25, -0.2) is 0 Å². The molecule has 1 aliphatic rings. The first-order valence-electron chi connectivity index (χ1n) is 2.12. The van der Waals surface area contributed by atoms with Crippen molar-refractivity contribution in [3.05, 3.63) is 0 Å². The Labute approximate surface area is 170 Å². The van der Waals surface area contributed by atoms with E-state index in [9.17, 15) is 0 Å². The average molecular weight is 294 g/mol. The van der Waals surface area contributed by atoms with Gasteiger partial charge in [0.2, 0.25) is 0 Å². The Morgan fingerprint density at radius 3 is 0.917 bits per heavy atom. The summed E-state index contributed by atoms with van der Waals surface area (Å²) in [5, 5.41) is 0. The number of hydrogen-bond acceptors (Lipinski definition) is 6. The monoisotopic (exact) mass is 294 g/mol. The van der Waals surface area contributed by atoms with E-state index < -0.39 is 0 Å². The molecule has 1 rings (SSSR count). The van der Waals surface area contributed by atoms with E-state index in [4.69, 9.17) is 37.4 Å². The van der Waals surface area contributed by atoms with Crippen molar-refractivity contribution in [3.63, 3.8) is 0 Å². The Bertz CT molecular complexity index is 79.0. The van der Waals surface area contributed by atoms with Gasteiger partial charge in [0.1, 0.15) is 0 Å². The van der Waals surface area contributed by atoms with Gasteiger partial charge in [0.25, 0.3) is 0 Å². The minimum atomic E-state index is 0. The van der Waals surface area contributed by atoms with Crippen LogP contribution in [0.5, 0.6) is 0 Å². The molecule has 0 nitrogen and oxygen atoms in total. The van der Waals surface area contributed by atoms with Gasteiger partial charge in [-0.1, -0.05) is 0 Å². The van der Waals surface area contributed by atoms with Crippen LogP contribution >= 0.6 is 34.4 Å². The molecule has 0 aromatic carbocycles. The van der Waals surface area contributed by atoms with E-state index in [-0.39, 0.29) is 102 Å². The maximum Gasteiger partial charge on any atom is 1.00 e. The van der Waals surface area contributed by atoms with Crippen molar-refractivity contribution in [2.24, 2.45) is 0 Å². The van der Waals surface area contributed by atoms with Crippen LogP contribution in [0.2, 0.25) is 0 Å². The fourth-order valence-electron chi connectivity index (χ4n) is 0.368. The van der Waals surface area contributed by atoms with Crippen molar-refractivity contribution in [1.82, 2.24) is 0 Å². The fourth-order valence-corrected chi connectivity index (χ4v) is 8.21. The second-order valence-corrected chi connectivity index (χ2v) is 9.02. The molecule has 0 N–H and O–H groups in total. The smallest absolute Gasteiger partial charge is 0.803 e. The molecule has 0 amide bonds. The van der Waals surface area contributed by atoms with E-state index in [2.05, 4.69) is 0 Å². The van der Waals surface area contributed by atoms with Crippen LogP contribution in [-0.4, -0.2) is 13.6 Å². The SMILES string of the molecule is [Na+].[Na+].[Na+].[S-]B1SB([S-])SB([S-])S1. The van der Waals surface area contributed by atoms with Gasteiger partial charge in [0.05, 0.1) is 13.6 Å². The molecule has 1 saturated heterocycles.